The van der Waals surface area contributed by atoms with Crippen LogP contribution in [-0.2, 0) is 20.8 Å². The molecule has 0 saturated carbocycles. The van der Waals surface area contributed by atoms with E-state index in [2.05, 4.69) is 31.8 Å². The molecule has 0 bridgehead atoms. The molecule has 0 heterocycles. The molecule has 8 nitrogen and oxygen atoms in total. The van der Waals surface area contributed by atoms with Crippen molar-refractivity contribution in [2.75, 3.05) is 11.1 Å². The van der Waals surface area contributed by atoms with Crippen molar-refractivity contribution in [3.63, 3.8) is 0 Å². The minimum Gasteiger partial charge on any atom is -0.385 e. The zero-order valence-electron chi connectivity index (χ0n) is 38.1. The number of ketones is 3. The SMILES string of the molecule is CCCCCCCCCCCCCCCC(O)C(=O)C(O)(C(=O)c1cccc(NC(=O)C(CS)Cc2ccccc2)c1)C(=O)C(O)CCCCCCCCCCCCCCC. The summed E-state index contributed by atoms with van der Waals surface area (Å²) in [7, 11) is 0. The Morgan fingerprint density at radius 2 is 0.951 bits per heavy atom. The van der Waals surface area contributed by atoms with Crippen LogP contribution in [0.4, 0.5) is 5.69 Å². The van der Waals surface area contributed by atoms with E-state index < -0.39 is 41.1 Å². The van der Waals surface area contributed by atoms with Crippen molar-refractivity contribution in [1.29, 1.82) is 0 Å². The van der Waals surface area contributed by atoms with Crippen LogP contribution in [0.1, 0.15) is 210 Å². The normalized spacial score (nSPS) is 13.9. The highest BCUT2D eigenvalue weighted by Gasteiger charge is 2.54. The van der Waals surface area contributed by atoms with E-state index in [1.54, 1.807) is 6.07 Å². The van der Waals surface area contributed by atoms with Gasteiger partial charge in [0.15, 0.2) is 0 Å². The first-order valence-corrected chi connectivity index (χ1v) is 25.0. The number of aliphatic hydroxyl groups is 3. The van der Waals surface area contributed by atoms with Crippen molar-refractivity contribution < 1.29 is 34.5 Å². The number of Topliss-reactive ketones (excluding diaryl/α,β-unsaturated/α-hetero) is 3. The second kappa shape index (κ2) is 33.7. The number of aliphatic hydroxyl groups excluding tert-OH is 2. The van der Waals surface area contributed by atoms with E-state index in [1.165, 1.54) is 121 Å². The van der Waals surface area contributed by atoms with Crippen molar-refractivity contribution in [2.45, 2.75) is 218 Å². The summed E-state index contributed by atoms with van der Waals surface area (Å²) in [6, 6.07) is 15.3. The smallest absolute Gasteiger partial charge is 0.250 e. The average Bonchev–Trinajstić information content (AvgIpc) is 3.27. The van der Waals surface area contributed by atoms with Crippen LogP contribution in [0, 0.1) is 5.92 Å². The summed E-state index contributed by atoms with van der Waals surface area (Å²) in [4.78, 5) is 55.2. The van der Waals surface area contributed by atoms with E-state index in [-0.39, 0.29) is 35.8 Å². The van der Waals surface area contributed by atoms with Gasteiger partial charge in [0.2, 0.25) is 23.3 Å². The fourth-order valence-electron chi connectivity index (χ4n) is 8.13. The first-order valence-electron chi connectivity index (χ1n) is 24.4. The molecule has 0 aliphatic rings. The van der Waals surface area contributed by atoms with Crippen molar-refractivity contribution in [3.8, 4) is 0 Å². The Balaban J connectivity index is 2.03. The van der Waals surface area contributed by atoms with E-state index in [0.717, 1.165) is 56.9 Å². The number of hydrogen-bond donors (Lipinski definition) is 5. The Kier molecular flexibility index (Phi) is 30.0. The number of carbonyl (C=O) groups excluding carboxylic acids is 4. The summed E-state index contributed by atoms with van der Waals surface area (Å²) in [5, 5.41) is 36.9. The molecule has 0 aromatic heterocycles. The largest absolute Gasteiger partial charge is 0.385 e. The number of thiol groups is 1. The standard InChI is InChI=1S/C52H83NO7S/c1-3-5-7-9-11-13-15-17-19-21-23-25-30-37-46(54)49(57)52(60,50(58)47(55)38-31-26-24-22-20-18-16-14-12-10-8-6-4-2)48(56)43-35-32-36-45(40-43)53-51(59)44(41-61)39-42-33-28-27-29-34-42/h27-29,32-36,40,44,46-47,54-55,60-61H,3-26,30-31,37-39,41H2,1-2H3,(H,53,59). The quantitative estimate of drug-likeness (QED) is 0.0195. The molecule has 0 aliphatic heterocycles. The van der Waals surface area contributed by atoms with Crippen LogP contribution in [0.5, 0.6) is 0 Å². The van der Waals surface area contributed by atoms with Gasteiger partial charge in [0, 0.05) is 17.0 Å². The van der Waals surface area contributed by atoms with Gasteiger partial charge in [-0.05, 0) is 37.0 Å². The Hall–Kier alpha value is -2.85. The Morgan fingerprint density at radius 1 is 0.557 bits per heavy atom. The molecule has 2 aromatic carbocycles. The lowest BCUT2D eigenvalue weighted by Crippen LogP contribution is -2.60. The number of rotatable bonds is 39. The molecule has 0 radical (unpaired) electrons. The number of hydrogen-bond acceptors (Lipinski definition) is 8. The summed E-state index contributed by atoms with van der Waals surface area (Å²) >= 11 is 4.39. The molecule has 2 rings (SSSR count). The maximum Gasteiger partial charge on any atom is 0.250 e. The lowest BCUT2D eigenvalue weighted by Gasteiger charge is -2.28. The second-order valence-electron chi connectivity index (χ2n) is 17.5. The second-order valence-corrected chi connectivity index (χ2v) is 17.9. The van der Waals surface area contributed by atoms with Crippen LogP contribution >= 0.6 is 12.6 Å². The van der Waals surface area contributed by atoms with Crippen LogP contribution in [0.25, 0.3) is 0 Å². The van der Waals surface area contributed by atoms with Gasteiger partial charge < -0.3 is 20.6 Å². The van der Waals surface area contributed by atoms with Gasteiger partial charge in [-0.3, -0.25) is 19.2 Å². The first kappa shape index (κ1) is 54.3. The van der Waals surface area contributed by atoms with Gasteiger partial charge >= 0.3 is 0 Å². The molecule has 1 amide bonds. The summed E-state index contributed by atoms with van der Waals surface area (Å²) in [5.41, 5.74) is -2.29. The number of benzene rings is 2. The van der Waals surface area contributed by atoms with Crippen molar-refractivity contribution >= 4 is 41.6 Å². The summed E-state index contributed by atoms with van der Waals surface area (Å²) < 4.78 is 0. The molecule has 2 aromatic rings. The lowest BCUT2D eigenvalue weighted by atomic mass is 9.79. The molecule has 3 unspecified atom stereocenters. The van der Waals surface area contributed by atoms with Gasteiger partial charge in [0.05, 0.1) is 5.92 Å². The number of amides is 1. The van der Waals surface area contributed by atoms with Gasteiger partial charge in [-0.25, -0.2) is 0 Å². The molecule has 0 fully saturated rings. The third-order valence-corrected chi connectivity index (χ3v) is 12.6. The molecule has 0 saturated heterocycles. The molecule has 344 valence electrons. The third kappa shape index (κ3) is 21.9. The van der Waals surface area contributed by atoms with E-state index in [4.69, 9.17) is 0 Å². The number of unbranched alkanes of at least 4 members (excludes halogenated alkanes) is 24. The van der Waals surface area contributed by atoms with Crippen LogP contribution < -0.4 is 5.32 Å². The van der Waals surface area contributed by atoms with E-state index in [0.29, 0.717) is 19.3 Å². The monoisotopic (exact) mass is 866 g/mol. The third-order valence-electron chi connectivity index (χ3n) is 12.1. The topological polar surface area (TPSA) is 141 Å². The van der Waals surface area contributed by atoms with Crippen LogP contribution in [0.3, 0.4) is 0 Å². The highest BCUT2D eigenvalue weighted by atomic mass is 32.1. The van der Waals surface area contributed by atoms with Crippen LogP contribution in [-0.4, -0.2) is 62.1 Å². The molecule has 3 atom stereocenters. The molecule has 0 aliphatic carbocycles. The molecular formula is C52H83NO7S. The lowest BCUT2D eigenvalue weighted by molar-refractivity contribution is -0.156. The average molecular weight is 866 g/mol. The molecule has 61 heavy (non-hydrogen) atoms. The van der Waals surface area contributed by atoms with E-state index >= 15 is 0 Å². The fourth-order valence-corrected chi connectivity index (χ4v) is 8.43. The van der Waals surface area contributed by atoms with E-state index in [9.17, 15) is 34.5 Å². The van der Waals surface area contributed by atoms with Crippen LogP contribution in [0.2, 0.25) is 0 Å². The zero-order chi connectivity index (χ0) is 44.6. The Labute approximate surface area is 375 Å². The fraction of sp³-hybridized carbons (Fsp3) is 0.692. The van der Waals surface area contributed by atoms with Gasteiger partial charge in [0.25, 0.3) is 5.60 Å². The number of nitrogens with one attached hydrogen (secondary N) is 1. The predicted molar refractivity (Wildman–Crippen MR) is 254 cm³/mol. The maximum absolute atomic E-state index is 14.2. The summed E-state index contributed by atoms with van der Waals surface area (Å²) in [6.45, 7) is 4.46. The van der Waals surface area contributed by atoms with E-state index in [1.807, 2.05) is 30.3 Å². The number of anilines is 1. The summed E-state index contributed by atoms with van der Waals surface area (Å²) in [5.74, 6) is -4.41. The summed E-state index contributed by atoms with van der Waals surface area (Å²) in [6.07, 6.45) is 26.1. The minimum atomic E-state index is -3.30. The maximum atomic E-state index is 14.2. The van der Waals surface area contributed by atoms with Crippen molar-refractivity contribution in [1.82, 2.24) is 0 Å². The molecular weight excluding hydrogens is 783 g/mol. The van der Waals surface area contributed by atoms with Crippen molar-refractivity contribution in [3.05, 3.63) is 65.7 Å². The van der Waals surface area contributed by atoms with Gasteiger partial charge in [-0.1, -0.05) is 223 Å². The number of carbonyl (C=O) groups is 4. The highest BCUT2D eigenvalue weighted by Crippen LogP contribution is 2.26. The van der Waals surface area contributed by atoms with Crippen molar-refractivity contribution in [2.24, 2.45) is 5.92 Å². The predicted octanol–water partition coefficient (Wildman–Crippen LogP) is 12.2. The first-order chi connectivity index (χ1) is 29.6. The zero-order valence-corrected chi connectivity index (χ0v) is 39.0. The Bertz CT molecular complexity index is 1440. The van der Waals surface area contributed by atoms with Crippen LogP contribution in [0.15, 0.2) is 54.6 Å². The molecule has 9 heteroatoms. The highest BCUT2D eigenvalue weighted by molar-refractivity contribution is 7.80. The molecule has 4 N–H and O–H groups in total. The molecule has 0 spiro atoms. The van der Waals surface area contributed by atoms with Gasteiger partial charge in [0.1, 0.15) is 12.2 Å². The van der Waals surface area contributed by atoms with Gasteiger partial charge in [-0.15, -0.1) is 0 Å². The Morgan fingerprint density at radius 3 is 1.34 bits per heavy atom. The van der Waals surface area contributed by atoms with Gasteiger partial charge in [-0.2, -0.15) is 12.6 Å². The minimum absolute atomic E-state index is 0.0168.